The van der Waals surface area contributed by atoms with E-state index in [1.807, 2.05) is 18.2 Å². The Balaban J connectivity index is 1.56. The van der Waals surface area contributed by atoms with E-state index in [2.05, 4.69) is 77.4 Å². The van der Waals surface area contributed by atoms with Crippen molar-refractivity contribution in [2.45, 2.75) is 18.9 Å². The van der Waals surface area contributed by atoms with Crippen LogP contribution in [0.3, 0.4) is 0 Å². The molecule has 1 aliphatic rings. The number of para-hydroxylation sites is 1. The third-order valence-electron chi connectivity index (χ3n) is 5.62. The van der Waals surface area contributed by atoms with Crippen LogP contribution in [0.4, 0.5) is 11.4 Å². The summed E-state index contributed by atoms with van der Waals surface area (Å²) in [5, 5.41) is 4.36. The number of carbonyl (C=O) groups is 1. The second kappa shape index (κ2) is 7.68. The third-order valence-corrected chi connectivity index (χ3v) is 5.62. The maximum atomic E-state index is 13.1. The molecule has 3 aromatic rings. The zero-order valence-electron chi connectivity index (χ0n) is 16.9. The number of hydrogen-bond acceptors (Lipinski definition) is 3. The lowest BCUT2D eigenvalue weighted by atomic mass is 9.89. The van der Waals surface area contributed by atoms with E-state index in [0.29, 0.717) is 0 Å². The Bertz CT molecular complexity index is 991. The van der Waals surface area contributed by atoms with Crippen LogP contribution < -0.4 is 10.2 Å². The van der Waals surface area contributed by atoms with Gasteiger partial charge in [-0.3, -0.25) is 4.79 Å². The predicted octanol–water partition coefficient (Wildman–Crippen LogP) is 3.77. The average molecular weight is 377 g/mol. The van der Waals surface area contributed by atoms with Crippen LogP contribution in [0.5, 0.6) is 0 Å². The summed E-state index contributed by atoms with van der Waals surface area (Å²) in [6.07, 6.45) is 2.95. The van der Waals surface area contributed by atoms with Crippen molar-refractivity contribution in [3.63, 3.8) is 0 Å². The number of benzene rings is 2. The van der Waals surface area contributed by atoms with Crippen molar-refractivity contribution in [1.82, 2.24) is 9.47 Å². The maximum Gasteiger partial charge on any atom is 0.232 e. The summed E-state index contributed by atoms with van der Waals surface area (Å²) in [5.41, 5.74) is 4.29. The Morgan fingerprint density at radius 1 is 1.18 bits per heavy atom. The number of hydrogen-bond donors (Lipinski definition) is 1. The normalized spacial score (nSPS) is 16.4. The third kappa shape index (κ3) is 3.62. The molecule has 0 aliphatic carbocycles. The van der Waals surface area contributed by atoms with E-state index in [-0.39, 0.29) is 11.8 Å². The van der Waals surface area contributed by atoms with E-state index in [4.69, 9.17) is 0 Å². The molecule has 1 aliphatic heterocycles. The first-order valence-electron chi connectivity index (χ1n) is 9.87. The highest BCUT2D eigenvalue weighted by atomic mass is 16.1. The summed E-state index contributed by atoms with van der Waals surface area (Å²) in [7, 11) is 6.25. The van der Waals surface area contributed by atoms with Crippen molar-refractivity contribution >= 4 is 28.2 Å². The zero-order chi connectivity index (χ0) is 19.7. The van der Waals surface area contributed by atoms with Crippen molar-refractivity contribution in [1.29, 1.82) is 0 Å². The average Bonchev–Trinajstić information content (AvgIpc) is 3.09. The fourth-order valence-electron chi connectivity index (χ4n) is 3.99. The van der Waals surface area contributed by atoms with Gasteiger partial charge in [0.15, 0.2) is 0 Å². The molecule has 0 saturated carbocycles. The molecule has 0 bridgehead atoms. The smallest absolute Gasteiger partial charge is 0.232 e. The van der Waals surface area contributed by atoms with Crippen molar-refractivity contribution in [2.75, 3.05) is 44.4 Å². The molecule has 4 rings (SSSR count). The summed E-state index contributed by atoms with van der Waals surface area (Å²) < 4.78 is 2.25. The maximum absolute atomic E-state index is 13.1. The molecule has 1 N–H and O–H groups in total. The number of nitrogens with zero attached hydrogens (tertiary/aromatic N) is 3. The highest BCUT2D eigenvalue weighted by molar-refractivity contribution is 5.98. The molecule has 1 atom stereocenters. The number of rotatable bonds is 5. The van der Waals surface area contributed by atoms with Gasteiger partial charge in [0.2, 0.25) is 5.91 Å². The molecule has 28 heavy (non-hydrogen) atoms. The van der Waals surface area contributed by atoms with Gasteiger partial charge in [-0.25, -0.2) is 0 Å². The summed E-state index contributed by atoms with van der Waals surface area (Å²) in [6.45, 7) is 2.80. The zero-order valence-corrected chi connectivity index (χ0v) is 16.9. The number of aromatic nitrogens is 1. The van der Waals surface area contributed by atoms with Crippen LogP contribution in [0.2, 0.25) is 0 Å². The molecule has 1 unspecified atom stereocenters. The Labute approximate surface area is 166 Å². The van der Waals surface area contributed by atoms with Gasteiger partial charge in [0.1, 0.15) is 0 Å². The summed E-state index contributed by atoms with van der Waals surface area (Å²) in [5.74, 6) is -0.0325. The number of fused-ring (bicyclic) bond motifs is 2. The Morgan fingerprint density at radius 2 is 2.00 bits per heavy atom. The fraction of sp³-hybridized carbons (Fsp3) is 0.348. The molecule has 0 spiro atoms. The van der Waals surface area contributed by atoms with Gasteiger partial charge in [-0.2, -0.15) is 0 Å². The fourth-order valence-corrected chi connectivity index (χ4v) is 3.99. The number of likely N-dealkylation sites (N-methyl/N-ethyl adjacent to an activating group) is 1. The van der Waals surface area contributed by atoms with Gasteiger partial charge in [0.05, 0.1) is 11.4 Å². The standard InChI is InChI=1S/C23H28N4O/c1-25(2)14-15-27-13-10-17-8-9-18(16-22(17)27)24-23(28)20-11-12-26(3)21-7-5-4-6-19(20)21/h4-10,13,16,20H,11-12,14-15H2,1-3H3,(H,24,28). The van der Waals surface area contributed by atoms with Crippen LogP contribution in [0.25, 0.3) is 10.9 Å². The number of carbonyl (C=O) groups excluding carboxylic acids is 1. The van der Waals surface area contributed by atoms with Gasteiger partial charge in [0.25, 0.3) is 0 Å². The topological polar surface area (TPSA) is 40.5 Å². The van der Waals surface area contributed by atoms with Gasteiger partial charge in [-0.1, -0.05) is 24.3 Å². The summed E-state index contributed by atoms with van der Waals surface area (Å²) >= 11 is 0. The molecule has 5 heteroatoms. The molecule has 1 amide bonds. The molecular weight excluding hydrogens is 348 g/mol. The molecule has 5 nitrogen and oxygen atoms in total. The minimum atomic E-state index is -0.108. The lowest BCUT2D eigenvalue weighted by Crippen LogP contribution is -2.32. The molecule has 1 aromatic heterocycles. The predicted molar refractivity (Wildman–Crippen MR) is 116 cm³/mol. The van der Waals surface area contributed by atoms with Gasteiger partial charge in [-0.15, -0.1) is 0 Å². The van der Waals surface area contributed by atoms with Crippen LogP contribution in [-0.4, -0.2) is 49.6 Å². The van der Waals surface area contributed by atoms with Crippen molar-refractivity contribution in [3.05, 3.63) is 60.3 Å². The van der Waals surface area contributed by atoms with E-state index < -0.39 is 0 Å². The van der Waals surface area contributed by atoms with Gasteiger partial charge >= 0.3 is 0 Å². The second-order valence-electron chi connectivity index (χ2n) is 7.90. The summed E-state index contributed by atoms with van der Waals surface area (Å²) in [6, 6.07) is 16.5. The first kappa shape index (κ1) is 18.6. The number of amides is 1. The second-order valence-corrected chi connectivity index (χ2v) is 7.90. The van der Waals surface area contributed by atoms with Gasteiger partial charge in [0, 0.05) is 44.3 Å². The minimum absolute atomic E-state index is 0.0753. The molecule has 2 aromatic carbocycles. The lowest BCUT2D eigenvalue weighted by molar-refractivity contribution is -0.117. The monoisotopic (exact) mass is 376 g/mol. The van der Waals surface area contributed by atoms with E-state index in [9.17, 15) is 4.79 Å². The molecule has 0 radical (unpaired) electrons. The number of nitrogens with one attached hydrogen (secondary N) is 1. The van der Waals surface area contributed by atoms with Crippen molar-refractivity contribution in [2.24, 2.45) is 0 Å². The Hall–Kier alpha value is -2.79. The van der Waals surface area contributed by atoms with E-state index in [0.717, 1.165) is 48.5 Å². The Morgan fingerprint density at radius 3 is 2.82 bits per heavy atom. The van der Waals surface area contributed by atoms with Gasteiger partial charge < -0.3 is 19.7 Å². The highest BCUT2D eigenvalue weighted by Gasteiger charge is 2.28. The van der Waals surface area contributed by atoms with E-state index >= 15 is 0 Å². The lowest BCUT2D eigenvalue weighted by Gasteiger charge is -2.32. The van der Waals surface area contributed by atoms with E-state index in [1.165, 1.54) is 5.39 Å². The van der Waals surface area contributed by atoms with Crippen molar-refractivity contribution < 1.29 is 4.79 Å². The van der Waals surface area contributed by atoms with Crippen LogP contribution in [0.15, 0.2) is 54.7 Å². The molecule has 0 fully saturated rings. The molecule has 2 heterocycles. The Kier molecular flexibility index (Phi) is 5.09. The van der Waals surface area contributed by atoms with Crippen LogP contribution in [0.1, 0.15) is 17.9 Å². The highest BCUT2D eigenvalue weighted by Crippen LogP contribution is 2.35. The molecular formula is C23H28N4O. The minimum Gasteiger partial charge on any atom is -0.374 e. The summed E-state index contributed by atoms with van der Waals surface area (Å²) in [4.78, 5) is 17.5. The largest absolute Gasteiger partial charge is 0.374 e. The van der Waals surface area contributed by atoms with Crippen LogP contribution in [-0.2, 0) is 11.3 Å². The van der Waals surface area contributed by atoms with Crippen LogP contribution in [0, 0.1) is 0 Å². The molecule has 146 valence electrons. The first-order chi connectivity index (χ1) is 13.5. The van der Waals surface area contributed by atoms with Gasteiger partial charge in [-0.05, 0) is 55.7 Å². The number of anilines is 2. The molecule has 0 saturated heterocycles. The quantitative estimate of drug-likeness (QED) is 0.737. The van der Waals surface area contributed by atoms with Crippen LogP contribution >= 0.6 is 0 Å². The first-order valence-corrected chi connectivity index (χ1v) is 9.87. The van der Waals surface area contributed by atoms with E-state index in [1.54, 1.807) is 0 Å². The van der Waals surface area contributed by atoms with Crippen molar-refractivity contribution in [3.8, 4) is 0 Å². The SMILES string of the molecule is CN(C)CCn1ccc2ccc(NC(=O)C3CCN(C)c4ccccc43)cc21.